The van der Waals surface area contributed by atoms with Gasteiger partial charge in [-0.25, -0.2) is 4.98 Å². The van der Waals surface area contributed by atoms with Crippen LogP contribution in [0.2, 0.25) is 10.0 Å². The summed E-state index contributed by atoms with van der Waals surface area (Å²) in [5.41, 5.74) is 2.35. The van der Waals surface area contributed by atoms with Crippen LogP contribution >= 0.6 is 23.2 Å². The lowest BCUT2D eigenvalue weighted by Gasteiger charge is -2.11. The van der Waals surface area contributed by atoms with Gasteiger partial charge in [-0.3, -0.25) is 4.79 Å². The van der Waals surface area contributed by atoms with E-state index < -0.39 is 0 Å². The predicted molar refractivity (Wildman–Crippen MR) is 111 cm³/mol. The van der Waals surface area contributed by atoms with Crippen molar-refractivity contribution in [2.24, 2.45) is 0 Å². The van der Waals surface area contributed by atoms with Crippen LogP contribution in [0.5, 0.6) is 5.75 Å². The topological polar surface area (TPSA) is 44.1 Å². The summed E-state index contributed by atoms with van der Waals surface area (Å²) in [5.74, 6) is 1.17. The Morgan fingerprint density at radius 3 is 2.50 bits per heavy atom. The minimum Gasteiger partial charge on any atom is -0.484 e. The molecule has 4 aromatic rings. The van der Waals surface area contributed by atoms with E-state index in [1.165, 1.54) is 0 Å². The highest BCUT2D eigenvalue weighted by Gasteiger charge is 2.15. The fourth-order valence-electron chi connectivity index (χ4n) is 3.01. The molecule has 140 valence electrons. The molecule has 0 fully saturated rings. The zero-order valence-electron chi connectivity index (χ0n) is 14.8. The summed E-state index contributed by atoms with van der Waals surface area (Å²) in [7, 11) is 0. The van der Waals surface area contributed by atoms with Crippen LogP contribution in [-0.2, 0) is 13.2 Å². The van der Waals surface area contributed by atoms with Crippen molar-refractivity contribution in [1.29, 1.82) is 0 Å². The van der Waals surface area contributed by atoms with Crippen molar-refractivity contribution >= 4 is 40.0 Å². The largest absolute Gasteiger partial charge is 0.484 e. The van der Waals surface area contributed by atoms with Crippen molar-refractivity contribution in [3.8, 4) is 5.75 Å². The second-order valence-electron chi connectivity index (χ2n) is 6.26. The maximum atomic E-state index is 12.7. The second-order valence-corrected chi connectivity index (χ2v) is 7.10. The number of carbonyl (C=O) groups is 1. The van der Waals surface area contributed by atoms with Gasteiger partial charge < -0.3 is 9.30 Å². The molecule has 0 atom stereocenters. The Bertz CT molecular complexity index is 1140. The minimum atomic E-state index is 0.00882. The summed E-state index contributed by atoms with van der Waals surface area (Å²) in [4.78, 5) is 17.4. The van der Waals surface area contributed by atoms with E-state index in [1.807, 2.05) is 59.2 Å². The Labute approximate surface area is 172 Å². The molecule has 3 aromatic carbocycles. The normalized spacial score (nSPS) is 10.9. The Morgan fingerprint density at radius 2 is 1.71 bits per heavy atom. The number of nitrogens with zero attached hydrogens (tertiary/aromatic N) is 2. The molecule has 1 heterocycles. The lowest BCUT2D eigenvalue weighted by atomic mass is 10.1. The van der Waals surface area contributed by atoms with Crippen molar-refractivity contribution < 1.29 is 9.53 Å². The fraction of sp³-hybridized carbons (Fsp3) is 0.0909. The average Bonchev–Trinajstić information content (AvgIpc) is 3.05. The Kier molecular flexibility index (Phi) is 5.33. The second kappa shape index (κ2) is 8.05. The number of ketones is 1. The van der Waals surface area contributed by atoms with E-state index >= 15 is 0 Å². The number of hydrogen-bond acceptors (Lipinski definition) is 3. The molecule has 1 aromatic heterocycles. The van der Waals surface area contributed by atoms with Crippen LogP contribution in [0.3, 0.4) is 0 Å². The fourth-order valence-corrected chi connectivity index (χ4v) is 3.47. The van der Waals surface area contributed by atoms with E-state index in [0.29, 0.717) is 27.2 Å². The molecule has 0 aliphatic carbocycles. The molecule has 0 amide bonds. The average molecular weight is 411 g/mol. The molecular weight excluding hydrogens is 395 g/mol. The lowest BCUT2D eigenvalue weighted by molar-refractivity contribution is 0.0971. The van der Waals surface area contributed by atoms with Gasteiger partial charge in [0.1, 0.15) is 18.2 Å². The quantitative estimate of drug-likeness (QED) is 0.377. The molecule has 28 heavy (non-hydrogen) atoms. The molecule has 6 heteroatoms. The van der Waals surface area contributed by atoms with Gasteiger partial charge >= 0.3 is 0 Å². The molecule has 0 N–H and O–H groups in total. The zero-order chi connectivity index (χ0) is 19.5. The Morgan fingerprint density at radius 1 is 0.964 bits per heavy atom. The summed E-state index contributed by atoms with van der Waals surface area (Å²) in [6.45, 7) is 0.357. The lowest BCUT2D eigenvalue weighted by Crippen LogP contribution is -2.14. The third-order valence-electron chi connectivity index (χ3n) is 4.38. The summed E-state index contributed by atoms with van der Waals surface area (Å²) in [6.07, 6.45) is 0. The van der Waals surface area contributed by atoms with Crippen molar-refractivity contribution in [1.82, 2.24) is 9.55 Å². The summed E-state index contributed by atoms with van der Waals surface area (Å²) < 4.78 is 7.73. The maximum Gasteiger partial charge on any atom is 0.182 e. The highest BCUT2D eigenvalue weighted by molar-refractivity contribution is 6.35. The molecule has 0 aliphatic rings. The number of fused-ring (bicyclic) bond motifs is 1. The molecule has 0 spiro atoms. The van der Waals surface area contributed by atoms with Gasteiger partial charge in [-0.1, -0.05) is 65.7 Å². The smallest absolute Gasteiger partial charge is 0.182 e. The van der Waals surface area contributed by atoms with Gasteiger partial charge in [0.2, 0.25) is 0 Å². The SMILES string of the molecule is O=C(Cn1c(COc2ccc(Cl)cc2Cl)nc2ccccc21)c1ccccc1. The van der Waals surface area contributed by atoms with Gasteiger partial charge in [0.15, 0.2) is 5.78 Å². The highest BCUT2D eigenvalue weighted by atomic mass is 35.5. The number of hydrogen-bond donors (Lipinski definition) is 0. The first-order valence-corrected chi connectivity index (χ1v) is 9.47. The van der Waals surface area contributed by atoms with E-state index in [2.05, 4.69) is 4.98 Å². The van der Waals surface area contributed by atoms with E-state index in [0.717, 1.165) is 11.0 Å². The number of imidazole rings is 1. The highest BCUT2D eigenvalue weighted by Crippen LogP contribution is 2.28. The van der Waals surface area contributed by atoms with E-state index in [4.69, 9.17) is 27.9 Å². The summed E-state index contributed by atoms with van der Waals surface area (Å²) >= 11 is 12.1. The Hall–Kier alpha value is -2.82. The first-order valence-electron chi connectivity index (χ1n) is 8.72. The number of rotatable bonds is 6. The molecule has 0 bridgehead atoms. The minimum absolute atomic E-state index is 0.00882. The number of carbonyl (C=O) groups excluding carboxylic acids is 1. The van der Waals surface area contributed by atoms with Crippen molar-refractivity contribution in [3.05, 3.63) is 94.2 Å². The predicted octanol–water partition coefficient (Wildman–Crippen LogP) is 5.81. The van der Waals surface area contributed by atoms with Gasteiger partial charge in [-0.05, 0) is 30.3 Å². The summed E-state index contributed by atoms with van der Waals surface area (Å²) in [6, 6.07) is 22.0. The van der Waals surface area contributed by atoms with Gasteiger partial charge in [-0.15, -0.1) is 0 Å². The van der Waals surface area contributed by atoms with Gasteiger partial charge in [0.05, 0.1) is 22.6 Å². The molecule has 4 nitrogen and oxygen atoms in total. The number of benzene rings is 3. The Balaban J connectivity index is 1.64. The number of halogens is 2. The van der Waals surface area contributed by atoms with E-state index in [1.54, 1.807) is 18.2 Å². The third-order valence-corrected chi connectivity index (χ3v) is 4.91. The summed E-state index contributed by atoms with van der Waals surface area (Å²) in [5, 5.41) is 0.966. The van der Waals surface area contributed by atoms with Gasteiger partial charge in [-0.2, -0.15) is 0 Å². The number of ether oxygens (including phenoxy) is 1. The standard InChI is InChI=1S/C22H16Cl2N2O2/c23-16-10-11-21(17(24)12-16)28-14-22-25-18-8-4-5-9-19(18)26(22)13-20(27)15-6-2-1-3-7-15/h1-12H,13-14H2. The van der Waals surface area contributed by atoms with Crippen LogP contribution in [0.15, 0.2) is 72.8 Å². The molecule has 0 saturated heterocycles. The van der Waals surface area contributed by atoms with Crippen LogP contribution in [-0.4, -0.2) is 15.3 Å². The monoisotopic (exact) mass is 410 g/mol. The zero-order valence-corrected chi connectivity index (χ0v) is 16.3. The van der Waals surface area contributed by atoms with Gasteiger partial charge in [0, 0.05) is 10.6 Å². The van der Waals surface area contributed by atoms with Gasteiger partial charge in [0.25, 0.3) is 0 Å². The molecule has 4 rings (SSSR count). The maximum absolute atomic E-state index is 12.7. The van der Waals surface area contributed by atoms with Crippen molar-refractivity contribution in [2.75, 3.05) is 0 Å². The van der Waals surface area contributed by atoms with Crippen molar-refractivity contribution in [2.45, 2.75) is 13.2 Å². The molecule has 0 unspecified atom stereocenters. The number of para-hydroxylation sites is 2. The van der Waals surface area contributed by atoms with Crippen molar-refractivity contribution in [3.63, 3.8) is 0 Å². The van der Waals surface area contributed by atoms with Crippen LogP contribution < -0.4 is 4.74 Å². The van der Waals surface area contributed by atoms with Crippen LogP contribution in [0.1, 0.15) is 16.2 Å². The van der Waals surface area contributed by atoms with Crippen LogP contribution in [0, 0.1) is 0 Å². The van der Waals surface area contributed by atoms with E-state index in [-0.39, 0.29) is 18.9 Å². The van der Waals surface area contributed by atoms with Crippen LogP contribution in [0.4, 0.5) is 0 Å². The first kappa shape index (κ1) is 18.5. The molecule has 0 aliphatic heterocycles. The number of aromatic nitrogens is 2. The van der Waals surface area contributed by atoms with E-state index in [9.17, 15) is 4.79 Å². The number of Topliss-reactive ketones (excluding diaryl/α,β-unsaturated/α-hetero) is 1. The first-order chi connectivity index (χ1) is 13.6. The molecular formula is C22H16Cl2N2O2. The molecule has 0 radical (unpaired) electrons. The molecule has 0 saturated carbocycles. The van der Waals surface area contributed by atoms with Crippen LogP contribution in [0.25, 0.3) is 11.0 Å². The third kappa shape index (κ3) is 3.88.